The summed E-state index contributed by atoms with van der Waals surface area (Å²) in [4.78, 5) is 14.1. The first-order chi connectivity index (χ1) is 14.8. The minimum atomic E-state index is 0.308. The number of piperidine rings is 1. The average molecular weight is 436 g/mol. The number of likely N-dealkylation sites (tertiary alicyclic amines) is 1. The zero-order valence-electron chi connectivity index (χ0n) is 18.4. The van der Waals surface area contributed by atoms with Crippen LogP contribution in [0.5, 0.6) is 0 Å². The van der Waals surface area contributed by atoms with Crippen LogP contribution in [0.1, 0.15) is 50.6 Å². The molecule has 1 atom stereocenters. The molecule has 1 aromatic heterocycles. The summed E-state index contributed by atoms with van der Waals surface area (Å²) in [6.45, 7) is 6.82. The number of nitrogens with one attached hydrogen (secondary N) is 1. The quantitative estimate of drug-likeness (QED) is 0.525. The predicted octanol–water partition coefficient (Wildman–Crippen LogP) is 2.91. The molecule has 0 saturated carbocycles. The standard InChI is InChI=1S/C22H37N5O2S/c1-23-21(24-10-7-18-17-30-22(25-18)27-11-3-4-12-27)26-13-8-19(9-14-26)29-16-20-6-2-5-15-28-20/h17,19-20H,2-16H2,1H3,(H,23,24). The molecular weight excluding hydrogens is 398 g/mol. The lowest BCUT2D eigenvalue weighted by Gasteiger charge is -2.35. The van der Waals surface area contributed by atoms with E-state index in [1.54, 1.807) is 11.3 Å². The van der Waals surface area contributed by atoms with E-state index in [9.17, 15) is 0 Å². The first kappa shape index (κ1) is 21.8. The molecule has 3 saturated heterocycles. The summed E-state index contributed by atoms with van der Waals surface area (Å²) in [5.74, 6) is 0.999. The average Bonchev–Trinajstić information content (AvgIpc) is 3.49. The van der Waals surface area contributed by atoms with Crippen LogP contribution in [-0.2, 0) is 15.9 Å². The van der Waals surface area contributed by atoms with Crippen LogP contribution >= 0.6 is 11.3 Å². The summed E-state index contributed by atoms with van der Waals surface area (Å²) >= 11 is 1.78. The van der Waals surface area contributed by atoms with E-state index in [1.807, 2.05) is 7.05 Å². The van der Waals surface area contributed by atoms with Crippen LogP contribution in [0, 0.1) is 0 Å². The Morgan fingerprint density at radius 1 is 1.20 bits per heavy atom. The fourth-order valence-corrected chi connectivity index (χ4v) is 5.43. The highest BCUT2D eigenvalue weighted by Gasteiger charge is 2.24. The van der Waals surface area contributed by atoms with Gasteiger partial charge in [-0.1, -0.05) is 0 Å². The molecular formula is C22H37N5O2S. The summed E-state index contributed by atoms with van der Waals surface area (Å²) in [6.07, 6.45) is 9.91. The van der Waals surface area contributed by atoms with Gasteiger partial charge in [0.2, 0.25) is 0 Å². The lowest BCUT2D eigenvalue weighted by Crippen LogP contribution is -2.47. The van der Waals surface area contributed by atoms with Crippen LogP contribution in [0.4, 0.5) is 5.13 Å². The minimum absolute atomic E-state index is 0.308. The van der Waals surface area contributed by atoms with Gasteiger partial charge in [0.15, 0.2) is 11.1 Å². The zero-order valence-corrected chi connectivity index (χ0v) is 19.2. The van der Waals surface area contributed by atoms with Gasteiger partial charge in [0.1, 0.15) is 0 Å². The minimum Gasteiger partial charge on any atom is -0.376 e. The normalized spacial score (nSPS) is 23.9. The number of aromatic nitrogens is 1. The Kier molecular flexibility index (Phi) is 8.22. The van der Waals surface area contributed by atoms with E-state index in [0.717, 1.165) is 77.6 Å². The van der Waals surface area contributed by atoms with Crippen LogP contribution in [-0.4, -0.2) is 81.0 Å². The van der Waals surface area contributed by atoms with Crippen molar-refractivity contribution >= 4 is 22.4 Å². The highest BCUT2D eigenvalue weighted by atomic mass is 32.1. The molecule has 0 amide bonds. The fraction of sp³-hybridized carbons (Fsp3) is 0.818. The molecule has 8 heteroatoms. The van der Waals surface area contributed by atoms with Gasteiger partial charge in [-0.05, 0) is 44.9 Å². The predicted molar refractivity (Wildman–Crippen MR) is 123 cm³/mol. The molecule has 0 aromatic carbocycles. The molecule has 0 radical (unpaired) electrons. The third kappa shape index (κ3) is 6.08. The van der Waals surface area contributed by atoms with Gasteiger partial charge >= 0.3 is 0 Å². The third-order valence-electron chi connectivity index (χ3n) is 6.33. The smallest absolute Gasteiger partial charge is 0.193 e. The largest absolute Gasteiger partial charge is 0.376 e. The molecule has 0 spiro atoms. The van der Waals surface area contributed by atoms with Gasteiger partial charge in [0.25, 0.3) is 0 Å². The van der Waals surface area contributed by atoms with E-state index in [4.69, 9.17) is 14.5 Å². The molecule has 3 aliphatic rings. The SMILES string of the molecule is CN=C(NCCc1csc(N2CCCC2)n1)N1CCC(OCC2CCCCO2)CC1. The maximum Gasteiger partial charge on any atom is 0.193 e. The molecule has 1 aromatic rings. The second kappa shape index (κ2) is 11.3. The van der Waals surface area contributed by atoms with Crippen LogP contribution in [0.25, 0.3) is 0 Å². The number of ether oxygens (including phenoxy) is 2. The van der Waals surface area contributed by atoms with Crippen molar-refractivity contribution in [3.63, 3.8) is 0 Å². The highest BCUT2D eigenvalue weighted by Crippen LogP contribution is 2.24. The van der Waals surface area contributed by atoms with Crippen LogP contribution in [0.15, 0.2) is 10.4 Å². The Morgan fingerprint density at radius 3 is 2.77 bits per heavy atom. The van der Waals surface area contributed by atoms with Crippen molar-refractivity contribution < 1.29 is 9.47 Å². The Labute approximate surface area is 184 Å². The maximum absolute atomic E-state index is 6.14. The molecule has 0 aliphatic carbocycles. The number of hydrogen-bond donors (Lipinski definition) is 1. The number of aliphatic imine (C=N–C) groups is 1. The van der Waals surface area contributed by atoms with E-state index >= 15 is 0 Å². The highest BCUT2D eigenvalue weighted by molar-refractivity contribution is 7.13. The molecule has 4 heterocycles. The monoisotopic (exact) mass is 435 g/mol. The first-order valence-corrected chi connectivity index (χ1v) is 12.6. The van der Waals surface area contributed by atoms with Crippen molar-refractivity contribution in [1.82, 2.24) is 15.2 Å². The second-order valence-corrected chi connectivity index (χ2v) is 9.38. The first-order valence-electron chi connectivity index (χ1n) is 11.7. The van der Waals surface area contributed by atoms with Crippen molar-refractivity contribution in [1.29, 1.82) is 0 Å². The van der Waals surface area contributed by atoms with Crippen LogP contribution in [0.2, 0.25) is 0 Å². The molecule has 3 aliphatic heterocycles. The van der Waals surface area contributed by atoms with Gasteiger partial charge in [0, 0.05) is 58.2 Å². The Bertz CT molecular complexity index is 662. The molecule has 7 nitrogen and oxygen atoms in total. The zero-order chi connectivity index (χ0) is 20.6. The van der Waals surface area contributed by atoms with E-state index < -0.39 is 0 Å². The van der Waals surface area contributed by atoms with Gasteiger partial charge in [0.05, 0.1) is 24.5 Å². The number of anilines is 1. The van der Waals surface area contributed by atoms with Crippen LogP contribution in [0.3, 0.4) is 0 Å². The Hall–Kier alpha value is -1.38. The van der Waals surface area contributed by atoms with Gasteiger partial charge in [-0.2, -0.15) is 0 Å². The van der Waals surface area contributed by atoms with Crippen molar-refractivity contribution in [3.8, 4) is 0 Å². The lowest BCUT2D eigenvalue weighted by atomic mass is 10.1. The van der Waals surface area contributed by atoms with Crippen molar-refractivity contribution in [3.05, 3.63) is 11.1 Å². The van der Waals surface area contributed by atoms with Gasteiger partial charge < -0.3 is 24.6 Å². The molecule has 1 N–H and O–H groups in total. The Balaban J connectivity index is 1.14. The number of rotatable bonds is 7. The Morgan fingerprint density at radius 2 is 2.03 bits per heavy atom. The molecule has 3 fully saturated rings. The summed E-state index contributed by atoms with van der Waals surface area (Å²) in [6, 6.07) is 0. The summed E-state index contributed by atoms with van der Waals surface area (Å²) in [5, 5.41) is 6.92. The van der Waals surface area contributed by atoms with Crippen LogP contribution < -0.4 is 10.2 Å². The van der Waals surface area contributed by atoms with E-state index in [1.165, 1.54) is 36.5 Å². The molecule has 4 rings (SSSR count). The van der Waals surface area contributed by atoms with Crippen molar-refractivity contribution in [2.75, 3.05) is 57.9 Å². The summed E-state index contributed by atoms with van der Waals surface area (Å²) in [5.41, 5.74) is 1.18. The van der Waals surface area contributed by atoms with E-state index in [-0.39, 0.29) is 0 Å². The fourth-order valence-electron chi connectivity index (χ4n) is 4.52. The van der Waals surface area contributed by atoms with Gasteiger partial charge in [-0.25, -0.2) is 4.98 Å². The van der Waals surface area contributed by atoms with E-state index in [0.29, 0.717) is 12.2 Å². The van der Waals surface area contributed by atoms with Gasteiger partial charge in [-0.15, -0.1) is 11.3 Å². The maximum atomic E-state index is 6.14. The van der Waals surface area contributed by atoms with Crippen molar-refractivity contribution in [2.45, 2.75) is 63.6 Å². The van der Waals surface area contributed by atoms with Gasteiger partial charge in [-0.3, -0.25) is 4.99 Å². The molecule has 0 bridgehead atoms. The summed E-state index contributed by atoms with van der Waals surface area (Å²) < 4.78 is 11.9. The topological polar surface area (TPSA) is 62.2 Å². The van der Waals surface area contributed by atoms with E-state index in [2.05, 4.69) is 25.5 Å². The number of guanidine groups is 1. The molecule has 1 unspecified atom stereocenters. The third-order valence-corrected chi connectivity index (χ3v) is 7.28. The molecule has 30 heavy (non-hydrogen) atoms. The number of hydrogen-bond acceptors (Lipinski definition) is 6. The number of nitrogens with zero attached hydrogens (tertiary/aromatic N) is 4. The molecule has 168 valence electrons. The summed E-state index contributed by atoms with van der Waals surface area (Å²) in [7, 11) is 1.87. The lowest BCUT2D eigenvalue weighted by molar-refractivity contribution is -0.0721. The van der Waals surface area contributed by atoms with Crippen molar-refractivity contribution in [2.24, 2.45) is 4.99 Å². The second-order valence-electron chi connectivity index (χ2n) is 8.55. The number of thiazole rings is 1.